The maximum absolute atomic E-state index is 13.5. The van der Waals surface area contributed by atoms with E-state index in [-0.39, 0.29) is 25.4 Å². The number of aliphatic hydroxyl groups excluding tert-OH is 1. The van der Waals surface area contributed by atoms with Crippen molar-refractivity contribution in [2.75, 3.05) is 19.8 Å². The van der Waals surface area contributed by atoms with Crippen LogP contribution in [0.15, 0.2) is 18.2 Å². The van der Waals surface area contributed by atoms with Crippen molar-refractivity contribution >= 4 is 0 Å². The molecule has 0 aromatic heterocycles. The van der Waals surface area contributed by atoms with Gasteiger partial charge in [0, 0.05) is 11.6 Å². The molecule has 1 heterocycles. The molecule has 1 aliphatic heterocycles. The molecule has 1 fully saturated rings. The second-order valence-electron chi connectivity index (χ2n) is 4.16. The predicted octanol–water partition coefficient (Wildman–Crippen LogP) is 0.974. The number of hydrogen-bond acceptors (Lipinski definition) is 3. The molecule has 3 nitrogen and oxygen atoms in total. The molecule has 1 saturated heterocycles. The van der Waals surface area contributed by atoms with Gasteiger partial charge in [-0.25, -0.2) is 8.78 Å². The van der Waals surface area contributed by atoms with Crippen LogP contribution in [0.3, 0.4) is 0 Å². The Kier molecular flexibility index (Phi) is 2.92. The van der Waals surface area contributed by atoms with Gasteiger partial charge in [0.2, 0.25) is 0 Å². The van der Waals surface area contributed by atoms with E-state index in [1.165, 1.54) is 0 Å². The molecule has 5 heteroatoms. The fourth-order valence-corrected chi connectivity index (χ4v) is 1.82. The lowest BCUT2D eigenvalue weighted by molar-refractivity contribution is -0.150. The molecule has 0 aliphatic carbocycles. The number of rotatable bonds is 3. The first-order valence-corrected chi connectivity index (χ1v) is 4.98. The molecule has 1 atom stereocenters. The maximum atomic E-state index is 13.5. The minimum Gasteiger partial charge on any atom is -0.396 e. The van der Waals surface area contributed by atoms with Gasteiger partial charge in [0.25, 0.3) is 0 Å². The summed E-state index contributed by atoms with van der Waals surface area (Å²) in [6.07, 6.45) is 0. The van der Waals surface area contributed by atoms with Crippen LogP contribution >= 0.6 is 0 Å². The average Bonchev–Trinajstić information content (AvgIpc) is 2.21. The number of benzene rings is 1. The number of nitrogens with two attached hydrogens (primary N) is 1. The fraction of sp³-hybridized carbons (Fsp3) is 0.455. The first-order chi connectivity index (χ1) is 7.59. The number of aliphatic hydroxyl groups is 1. The summed E-state index contributed by atoms with van der Waals surface area (Å²) in [7, 11) is 0. The van der Waals surface area contributed by atoms with Crippen LogP contribution in [0.25, 0.3) is 0 Å². The molecule has 0 bridgehead atoms. The summed E-state index contributed by atoms with van der Waals surface area (Å²) in [5.41, 5.74) is 5.26. The highest BCUT2D eigenvalue weighted by Gasteiger charge is 2.45. The summed E-state index contributed by atoms with van der Waals surface area (Å²) in [5, 5.41) is 9.25. The summed E-state index contributed by atoms with van der Waals surface area (Å²) in [5.74, 6) is -1.10. The van der Waals surface area contributed by atoms with Crippen molar-refractivity contribution in [3.63, 3.8) is 0 Å². The normalized spacial score (nSPS) is 20.2. The fourth-order valence-electron chi connectivity index (χ4n) is 1.82. The SMILES string of the molecule is NC(c1cc(F)ccc1F)C1(CO)COC1. The Morgan fingerprint density at radius 2 is 2.12 bits per heavy atom. The molecule has 1 aliphatic rings. The van der Waals surface area contributed by atoms with E-state index in [2.05, 4.69) is 0 Å². The third kappa shape index (κ3) is 1.71. The molecule has 0 radical (unpaired) electrons. The Labute approximate surface area is 91.8 Å². The second-order valence-corrected chi connectivity index (χ2v) is 4.16. The smallest absolute Gasteiger partial charge is 0.128 e. The molecule has 16 heavy (non-hydrogen) atoms. The molecule has 1 aromatic rings. The van der Waals surface area contributed by atoms with Crippen LogP contribution < -0.4 is 5.73 Å². The van der Waals surface area contributed by atoms with Crippen LogP contribution in [0.4, 0.5) is 8.78 Å². The minimum atomic E-state index is -0.762. The molecular weight excluding hydrogens is 216 g/mol. The van der Waals surface area contributed by atoms with E-state index in [4.69, 9.17) is 10.5 Å². The molecular formula is C11H13F2NO2. The molecule has 88 valence electrons. The van der Waals surface area contributed by atoms with Gasteiger partial charge in [-0.05, 0) is 18.2 Å². The summed E-state index contributed by atoms with van der Waals surface area (Å²) >= 11 is 0. The van der Waals surface area contributed by atoms with Crippen molar-refractivity contribution < 1.29 is 18.6 Å². The third-order valence-corrected chi connectivity index (χ3v) is 3.05. The Hall–Kier alpha value is -1.04. The lowest BCUT2D eigenvalue weighted by Crippen LogP contribution is -2.53. The van der Waals surface area contributed by atoms with Gasteiger partial charge in [-0.3, -0.25) is 0 Å². The number of ether oxygens (including phenoxy) is 1. The Morgan fingerprint density at radius 3 is 2.62 bits per heavy atom. The van der Waals surface area contributed by atoms with Gasteiger partial charge in [-0.2, -0.15) is 0 Å². The van der Waals surface area contributed by atoms with Gasteiger partial charge < -0.3 is 15.6 Å². The summed E-state index contributed by atoms with van der Waals surface area (Å²) in [6, 6.07) is 2.38. The van der Waals surface area contributed by atoms with Crippen LogP contribution in [0, 0.1) is 17.0 Å². The zero-order valence-corrected chi connectivity index (χ0v) is 8.62. The zero-order chi connectivity index (χ0) is 11.8. The van der Waals surface area contributed by atoms with E-state index in [9.17, 15) is 13.9 Å². The monoisotopic (exact) mass is 229 g/mol. The van der Waals surface area contributed by atoms with Crippen molar-refractivity contribution in [1.82, 2.24) is 0 Å². The molecule has 1 unspecified atom stereocenters. The molecule has 3 N–H and O–H groups in total. The van der Waals surface area contributed by atoms with Gasteiger partial charge >= 0.3 is 0 Å². The van der Waals surface area contributed by atoms with E-state index >= 15 is 0 Å². The lowest BCUT2D eigenvalue weighted by atomic mass is 9.76. The maximum Gasteiger partial charge on any atom is 0.128 e. The second kappa shape index (κ2) is 4.08. The van der Waals surface area contributed by atoms with Crippen molar-refractivity contribution in [3.05, 3.63) is 35.4 Å². The first-order valence-electron chi connectivity index (χ1n) is 4.98. The van der Waals surface area contributed by atoms with Crippen LogP contribution in [-0.4, -0.2) is 24.9 Å². The van der Waals surface area contributed by atoms with Gasteiger partial charge in [-0.15, -0.1) is 0 Å². The average molecular weight is 229 g/mol. The minimum absolute atomic E-state index is 0.0809. The Morgan fingerprint density at radius 1 is 1.44 bits per heavy atom. The van der Waals surface area contributed by atoms with Crippen molar-refractivity contribution in [3.8, 4) is 0 Å². The summed E-state index contributed by atoms with van der Waals surface area (Å²) in [6.45, 7) is 0.325. The standard InChI is InChI=1S/C11H13F2NO2/c12-7-1-2-9(13)8(3-7)10(14)11(4-15)5-16-6-11/h1-3,10,15H,4-6,14H2. The predicted molar refractivity (Wildman–Crippen MR) is 53.6 cm³/mol. The number of halogens is 2. The van der Waals surface area contributed by atoms with Gasteiger partial charge in [0.15, 0.2) is 0 Å². The van der Waals surface area contributed by atoms with Crippen LogP contribution in [-0.2, 0) is 4.74 Å². The highest BCUT2D eigenvalue weighted by Crippen LogP contribution is 2.39. The van der Waals surface area contributed by atoms with Crippen LogP contribution in [0.5, 0.6) is 0 Å². The third-order valence-electron chi connectivity index (χ3n) is 3.05. The highest BCUT2D eigenvalue weighted by molar-refractivity contribution is 5.25. The van der Waals surface area contributed by atoms with E-state index in [1.54, 1.807) is 0 Å². The number of hydrogen-bond donors (Lipinski definition) is 2. The van der Waals surface area contributed by atoms with Crippen LogP contribution in [0.2, 0.25) is 0 Å². The largest absolute Gasteiger partial charge is 0.396 e. The molecule has 0 saturated carbocycles. The van der Waals surface area contributed by atoms with Crippen molar-refractivity contribution in [2.45, 2.75) is 6.04 Å². The van der Waals surface area contributed by atoms with E-state index in [1.807, 2.05) is 0 Å². The molecule has 0 spiro atoms. The summed E-state index contributed by atoms with van der Waals surface area (Å²) in [4.78, 5) is 0. The van der Waals surface area contributed by atoms with Crippen molar-refractivity contribution in [1.29, 1.82) is 0 Å². The zero-order valence-electron chi connectivity index (χ0n) is 8.62. The van der Waals surface area contributed by atoms with Gasteiger partial charge in [0.05, 0.1) is 25.2 Å². The van der Waals surface area contributed by atoms with Crippen molar-refractivity contribution in [2.24, 2.45) is 11.1 Å². The Bertz CT molecular complexity index is 388. The Balaban J connectivity index is 2.32. The van der Waals surface area contributed by atoms with Gasteiger partial charge in [0.1, 0.15) is 11.6 Å². The molecule has 1 aromatic carbocycles. The topological polar surface area (TPSA) is 55.5 Å². The van der Waals surface area contributed by atoms with Crippen LogP contribution in [0.1, 0.15) is 11.6 Å². The molecule has 2 rings (SSSR count). The first kappa shape index (κ1) is 11.4. The lowest BCUT2D eigenvalue weighted by Gasteiger charge is -2.44. The van der Waals surface area contributed by atoms with E-state index in [0.717, 1.165) is 18.2 Å². The highest BCUT2D eigenvalue weighted by atomic mass is 19.1. The van der Waals surface area contributed by atoms with Gasteiger partial charge in [-0.1, -0.05) is 0 Å². The molecule has 0 amide bonds. The van der Waals surface area contributed by atoms with E-state index < -0.39 is 23.1 Å². The van der Waals surface area contributed by atoms with E-state index in [0.29, 0.717) is 0 Å². The summed E-state index contributed by atoms with van der Waals surface area (Å²) < 4.78 is 31.5. The quantitative estimate of drug-likeness (QED) is 0.812.